The van der Waals surface area contributed by atoms with E-state index in [9.17, 15) is 15.0 Å². The molecular formula is C18H21NO3S. The van der Waals surface area contributed by atoms with Crippen molar-refractivity contribution in [2.24, 2.45) is 0 Å². The maximum absolute atomic E-state index is 12.6. The number of aliphatic hydroxyl groups is 1. The Hall–Kier alpha value is -1.85. The zero-order valence-corrected chi connectivity index (χ0v) is 13.7. The minimum absolute atomic E-state index is 0.0662. The molecule has 0 spiro atoms. The molecule has 2 atom stereocenters. The van der Waals surface area contributed by atoms with Crippen LogP contribution in [0.3, 0.4) is 0 Å². The van der Waals surface area contributed by atoms with Crippen LogP contribution in [-0.2, 0) is 11.2 Å². The minimum Gasteiger partial charge on any atom is -0.508 e. The van der Waals surface area contributed by atoms with Crippen LogP contribution in [0.25, 0.3) is 0 Å². The Morgan fingerprint density at radius 3 is 2.96 bits per heavy atom. The summed E-state index contributed by atoms with van der Waals surface area (Å²) in [6, 6.07) is 10.8. The van der Waals surface area contributed by atoms with E-state index in [0.29, 0.717) is 12.8 Å². The monoisotopic (exact) mass is 331 g/mol. The number of phenolic OH excluding ortho intramolecular Hbond substituents is 1. The summed E-state index contributed by atoms with van der Waals surface area (Å²) in [5.74, 6) is 0.248. The van der Waals surface area contributed by atoms with Crippen LogP contribution in [0.1, 0.15) is 35.8 Å². The molecule has 1 fully saturated rings. The smallest absolute Gasteiger partial charge is 0.227 e. The first-order valence-electron chi connectivity index (χ1n) is 7.92. The van der Waals surface area contributed by atoms with E-state index in [2.05, 4.69) is 0 Å². The van der Waals surface area contributed by atoms with Gasteiger partial charge in [0.2, 0.25) is 5.91 Å². The summed E-state index contributed by atoms with van der Waals surface area (Å²) in [6.45, 7) is 0.749. The number of nitrogens with zero attached hydrogens (tertiary/aromatic N) is 1. The van der Waals surface area contributed by atoms with Crippen LogP contribution in [0.5, 0.6) is 5.75 Å². The number of hydrogen-bond donors (Lipinski definition) is 2. The third-order valence-corrected chi connectivity index (χ3v) is 5.30. The minimum atomic E-state index is -0.505. The first-order valence-corrected chi connectivity index (χ1v) is 8.80. The fourth-order valence-electron chi connectivity index (χ4n) is 3.21. The van der Waals surface area contributed by atoms with Crippen LogP contribution in [0.2, 0.25) is 0 Å². The van der Waals surface area contributed by atoms with E-state index in [1.165, 1.54) is 0 Å². The van der Waals surface area contributed by atoms with Gasteiger partial charge in [-0.25, -0.2) is 0 Å². The molecule has 0 unspecified atom stereocenters. The molecule has 1 amide bonds. The van der Waals surface area contributed by atoms with Crippen LogP contribution in [0, 0.1) is 0 Å². The average Bonchev–Trinajstić information content (AvgIpc) is 3.18. The van der Waals surface area contributed by atoms with E-state index in [4.69, 9.17) is 0 Å². The number of phenols is 1. The van der Waals surface area contributed by atoms with E-state index < -0.39 is 6.10 Å². The SMILES string of the molecule is O=C(Cc1cccc(O)c1)N1CCC[C@H]1C[C@@H](O)c1cccs1. The normalized spacial score (nSPS) is 19.0. The standard InChI is InChI=1S/C18H21NO3S/c20-15-6-1-4-13(10-15)11-18(22)19-8-2-5-14(19)12-16(21)17-7-3-9-23-17/h1,3-4,6-7,9-10,14,16,20-21H,2,5,8,11-12H2/t14-,16+/m0/s1. The lowest BCUT2D eigenvalue weighted by molar-refractivity contribution is -0.131. The first kappa shape index (κ1) is 16.0. The number of carbonyl (C=O) groups is 1. The summed E-state index contributed by atoms with van der Waals surface area (Å²) in [4.78, 5) is 15.4. The number of rotatable bonds is 5. The Morgan fingerprint density at radius 1 is 1.35 bits per heavy atom. The molecule has 23 heavy (non-hydrogen) atoms. The number of aliphatic hydroxyl groups excluding tert-OH is 1. The summed E-state index contributed by atoms with van der Waals surface area (Å²) in [5, 5.41) is 21.8. The molecule has 2 N–H and O–H groups in total. The summed E-state index contributed by atoms with van der Waals surface area (Å²) in [7, 11) is 0. The van der Waals surface area contributed by atoms with Gasteiger partial charge in [0.15, 0.2) is 0 Å². The van der Waals surface area contributed by atoms with Crippen LogP contribution in [-0.4, -0.2) is 33.6 Å². The molecule has 1 aromatic heterocycles. The van der Waals surface area contributed by atoms with Gasteiger partial charge in [-0.1, -0.05) is 18.2 Å². The third-order valence-electron chi connectivity index (χ3n) is 4.33. The van der Waals surface area contributed by atoms with Gasteiger partial charge in [0.05, 0.1) is 12.5 Å². The highest BCUT2D eigenvalue weighted by atomic mass is 32.1. The lowest BCUT2D eigenvalue weighted by atomic mass is 10.0. The van der Waals surface area contributed by atoms with Crippen molar-refractivity contribution in [3.05, 3.63) is 52.2 Å². The fraction of sp³-hybridized carbons (Fsp3) is 0.389. The van der Waals surface area contributed by atoms with Crippen molar-refractivity contribution in [2.75, 3.05) is 6.54 Å². The molecule has 1 aromatic carbocycles. The highest BCUT2D eigenvalue weighted by Gasteiger charge is 2.30. The summed E-state index contributed by atoms with van der Waals surface area (Å²) in [5.41, 5.74) is 0.819. The largest absolute Gasteiger partial charge is 0.508 e. The first-order chi connectivity index (χ1) is 11.1. The predicted octanol–water partition coefficient (Wildman–Crippen LogP) is 3.11. The van der Waals surface area contributed by atoms with Crippen LogP contribution in [0.15, 0.2) is 41.8 Å². The highest BCUT2D eigenvalue weighted by Crippen LogP contribution is 2.30. The van der Waals surface area contributed by atoms with E-state index in [1.807, 2.05) is 28.5 Å². The van der Waals surface area contributed by atoms with Gasteiger partial charge < -0.3 is 15.1 Å². The van der Waals surface area contributed by atoms with Crippen molar-refractivity contribution in [1.29, 1.82) is 0 Å². The van der Waals surface area contributed by atoms with E-state index in [-0.39, 0.29) is 17.7 Å². The Bertz CT molecular complexity index is 656. The second-order valence-corrected chi connectivity index (χ2v) is 6.98. The molecule has 1 aliphatic heterocycles. The fourth-order valence-corrected chi connectivity index (χ4v) is 3.93. The van der Waals surface area contributed by atoms with Crippen molar-refractivity contribution < 1.29 is 15.0 Å². The molecule has 1 saturated heterocycles. The second kappa shape index (κ2) is 7.15. The molecule has 2 heterocycles. The van der Waals surface area contributed by atoms with Crippen molar-refractivity contribution >= 4 is 17.2 Å². The third kappa shape index (κ3) is 3.92. The molecular weight excluding hydrogens is 310 g/mol. The van der Waals surface area contributed by atoms with Gasteiger partial charge >= 0.3 is 0 Å². The van der Waals surface area contributed by atoms with Crippen molar-refractivity contribution in [1.82, 2.24) is 4.90 Å². The molecule has 3 rings (SSSR count). The molecule has 122 valence electrons. The number of thiophene rings is 1. The van der Waals surface area contributed by atoms with Crippen molar-refractivity contribution in [3.8, 4) is 5.75 Å². The van der Waals surface area contributed by atoms with Crippen LogP contribution in [0.4, 0.5) is 0 Å². The van der Waals surface area contributed by atoms with Gasteiger partial charge in [0.1, 0.15) is 5.75 Å². The summed E-state index contributed by atoms with van der Waals surface area (Å²) >= 11 is 1.55. The molecule has 0 bridgehead atoms. The van der Waals surface area contributed by atoms with Crippen molar-refractivity contribution in [3.63, 3.8) is 0 Å². The van der Waals surface area contributed by atoms with Gasteiger partial charge in [-0.05, 0) is 48.4 Å². The molecule has 2 aromatic rings. The summed E-state index contributed by atoms with van der Waals surface area (Å²) in [6.07, 6.45) is 2.29. The molecule has 0 radical (unpaired) electrons. The molecule has 5 heteroatoms. The zero-order chi connectivity index (χ0) is 16.2. The number of amides is 1. The van der Waals surface area contributed by atoms with E-state index >= 15 is 0 Å². The second-order valence-electron chi connectivity index (χ2n) is 6.00. The van der Waals surface area contributed by atoms with Gasteiger partial charge in [-0.2, -0.15) is 0 Å². The molecule has 4 nitrogen and oxygen atoms in total. The summed E-state index contributed by atoms with van der Waals surface area (Å²) < 4.78 is 0. The Morgan fingerprint density at radius 2 is 2.22 bits per heavy atom. The van der Waals surface area contributed by atoms with Gasteiger partial charge in [0.25, 0.3) is 0 Å². The number of likely N-dealkylation sites (tertiary alicyclic amines) is 1. The van der Waals surface area contributed by atoms with Gasteiger partial charge in [0, 0.05) is 17.5 Å². The predicted molar refractivity (Wildman–Crippen MR) is 90.4 cm³/mol. The molecule has 0 saturated carbocycles. The maximum Gasteiger partial charge on any atom is 0.227 e. The molecule has 1 aliphatic rings. The van der Waals surface area contributed by atoms with Crippen molar-refractivity contribution in [2.45, 2.75) is 37.8 Å². The van der Waals surface area contributed by atoms with Gasteiger partial charge in [-0.15, -0.1) is 11.3 Å². The lowest BCUT2D eigenvalue weighted by Gasteiger charge is -2.26. The zero-order valence-electron chi connectivity index (χ0n) is 12.9. The van der Waals surface area contributed by atoms with E-state index in [1.54, 1.807) is 29.5 Å². The topological polar surface area (TPSA) is 60.8 Å². The Labute approximate surface area is 140 Å². The van der Waals surface area contributed by atoms with Crippen LogP contribution < -0.4 is 0 Å². The lowest BCUT2D eigenvalue weighted by Crippen LogP contribution is -2.37. The highest BCUT2D eigenvalue weighted by molar-refractivity contribution is 7.10. The maximum atomic E-state index is 12.6. The number of hydrogen-bond acceptors (Lipinski definition) is 4. The number of carbonyl (C=O) groups excluding carboxylic acids is 1. The molecule has 0 aliphatic carbocycles. The number of aromatic hydroxyl groups is 1. The Kier molecular flexibility index (Phi) is 4.98. The van der Waals surface area contributed by atoms with Gasteiger partial charge in [-0.3, -0.25) is 4.79 Å². The Balaban J connectivity index is 1.63. The number of benzene rings is 1. The quantitative estimate of drug-likeness (QED) is 0.885. The van der Waals surface area contributed by atoms with E-state index in [0.717, 1.165) is 29.8 Å². The van der Waals surface area contributed by atoms with Crippen LogP contribution >= 0.6 is 11.3 Å². The average molecular weight is 331 g/mol.